The first-order valence-corrected chi connectivity index (χ1v) is 8.86. The summed E-state index contributed by atoms with van der Waals surface area (Å²) in [6.45, 7) is 0. The van der Waals surface area contributed by atoms with Crippen LogP contribution in [0.25, 0.3) is 0 Å². The Hall–Kier alpha value is -2.23. The van der Waals surface area contributed by atoms with Crippen LogP contribution >= 0.6 is 11.8 Å². The molecule has 1 saturated carbocycles. The molecule has 0 unspecified atom stereocenters. The molecule has 0 bridgehead atoms. The molecule has 0 radical (unpaired) electrons. The maximum atomic E-state index is 12.2. The van der Waals surface area contributed by atoms with Crippen molar-refractivity contribution in [3.8, 4) is 5.75 Å². The number of hydrogen-bond donors (Lipinski definition) is 2. The Labute approximate surface area is 151 Å². The highest BCUT2D eigenvalue weighted by Crippen LogP contribution is 2.40. The number of halogens is 3. The molecule has 26 heavy (non-hydrogen) atoms. The van der Waals surface area contributed by atoms with E-state index in [1.165, 1.54) is 23.9 Å². The average Bonchev–Trinajstić information content (AvgIpc) is 3.03. The number of benzene rings is 1. The second kappa shape index (κ2) is 7.56. The number of hydrogen-bond acceptors (Lipinski definition) is 5. The minimum Gasteiger partial charge on any atom is -0.476 e. The summed E-state index contributed by atoms with van der Waals surface area (Å²) in [5, 5.41) is 19.4. The van der Waals surface area contributed by atoms with Crippen LogP contribution in [0.2, 0.25) is 0 Å². The van der Waals surface area contributed by atoms with Crippen molar-refractivity contribution >= 4 is 17.7 Å². The number of thioether (sulfide) groups is 1. The number of alkyl halides is 3. The van der Waals surface area contributed by atoms with Crippen molar-refractivity contribution in [3.05, 3.63) is 35.5 Å². The number of aromatic carboxylic acids is 1. The van der Waals surface area contributed by atoms with Gasteiger partial charge in [-0.05, 0) is 49.3 Å². The topological polar surface area (TPSA) is 88.1 Å². The molecule has 1 aliphatic rings. The van der Waals surface area contributed by atoms with E-state index in [0.717, 1.165) is 31.2 Å². The molecule has 0 saturated heterocycles. The normalized spacial score (nSPS) is 20.7. The maximum absolute atomic E-state index is 12.2. The van der Waals surface area contributed by atoms with Gasteiger partial charge in [0.2, 0.25) is 0 Å². The molecule has 140 valence electrons. The van der Waals surface area contributed by atoms with Gasteiger partial charge in [-0.1, -0.05) is 29.1 Å². The second-order valence-corrected chi connectivity index (χ2v) is 7.29. The standard InChI is InChI=1S/C16H16F3N3O3S/c17-16(18,19)25-11-5-1-9(2-6-11)10-3-7-12(8-4-10)26-14-13(15(23)24)20-22-21-14/h1-2,5-6,10,12H,3-4,7-8H2,(H,23,24)(H,20,21,22)/t10-,12-. The van der Waals surface area contributed by atoms with Crippen LogP contribution in [0.4, 0.5) is 13.2 Å². The van der Waals surface area contributed by atoms with Crippen molar-refractivity contribution in [2.75, 3.05) is 0 Å². The summed E-state index contributed by atoms with van der Waals surface area (Å²) in [5.74, 6) is -1.05. The number of carboxylic acids is 1. The van der Waals surface area contributed by atoms with Crippen LogP contribution in [0.15, 0.2) is 29.3 Å². The van der Waals surface area contributed by atoms with Crippen LogP contribution in [0, 0.1) is 0 Å². The number of aromatic nitrogens is 3. The first kappa shape index (κ1) is 18.6. The minimum atomic E-state index is -4.69. The maximum Gasteiger partial charge on any atom is 0.573 e. The van der Waals surface area contributed by atoms with Crippen LogP contribution in [0.1, 0.15) is 47.7 Å². The first-order valence-electron chi connectivity index (χ1n) is 7.98. The van der Waals surface area contributed by atoms with Gasteiger partial charge in [-0.25, -0.2) is 4.79 Å². The lowest BCUT2D eigenvalue weighted by Crippen LogP contribution is -2.17. The van der Waals surface area contributed by atoms with Crippen molar-refractivity contribution < 1.29 is 27.8 Å². The molecular weight excluding hydrogens is 371 g/mol. The van der Waals surface area contributed by atoms with Gasteiger partial charge in [0.25, 0.3) is 0 Å². The highest BCUT2D eigenvalue weighted by molar-refractivity contribution is 7.99. The quantitative estimate of drug-likeness (QED) is 0.799. The Morgan fingerprint density at radius 1 is 1.19 bits per heavy atom. The smallest absolute Gasteiger partial charge is 0.476 e. The van der Waals surface area contributed by atoms with E-state index in [9.17, 15) is 18.0 Å². The summed E-state index contributed by atoms with van der Waals surface area (Å²) in [6.07, 6.45) is -1.22. The molecular formula is C16H16F3N3O3S. The molecule has 0 spiro atoms. The fourth-order valence-electron chi connectivity index (χ4n) is 3.05. The highest BCUT2D eigenvalue weighted by Gasteiger charge is 2.31. The van der Waals surface area contributed by atoms with E-state index in [4.69, 9.17) is 5.11 Å². The van der Waals surface area contributed by atoms with Crippen LogP contribution in [-0.4, -0.2) is 38.1 Å². The van der Waals surface area contributed by atoms with Gasteiger partial charge < -0.3 is 9.84 Å². The lowest BCUT2D eigenvalue weighted by molar-refractivity contribution is -0.274. The largest absolute Gasteiger partial charge is 0.573 e. The van der Waals surface area contributed by atoms with Gasteiger partial charge in [0.1, 0.15) is 5.75 Å². The molecule has 0 aliphatic heterocycles. The van der Waals surface area contributed by atoms with E-state index in [0.29, 0.717) is 5.03 Å². The second-order valence-electron chi connectivity index (χ2n) is 6.01. The average molecular weight is 387 g/mol. The minimum absolute atomic E-state index is 0.00243. The predicted molar refractivity (Wildman–Crippen MR) is 87.3 cm³/mol. The zero-order chi connectivity index (χ0) is 18.7. The third-order valence-corrected chi connectivity index (χ3v) is 5.58. The Balaban J connectivity index is 1.55. The highest BCUT2D eigenvalue weighted by atomic mass is 32.2. The number of carboxylic acid groups (broad SMARTS) is 1. The van der Waals surface area contributed by atoms with Gasteiger partial charge in [-0.2, -0.15) is 0 Å². The number of nitrogens with one attached hydrogen (secondary N) is 1. The summed E-state index contributed by atoms with van der Waals surface area (Å²) in [5.41, 5.74) is 0.980. The van der Waals surface area contributed by atoms with Gasteiger partial charge in [-0.15, -0.1) is 18.3 Å². The number of ether oxygens (including phenoxy) is 1. The van der Waals surface area contributed by atoms with Gasteiger partial charge >= 0.3 is 12.3 Å². The zero-order valence-electron chi connectivity index (χ0n) is 13.5. The molecule has 0 amide bonds. The van der Waals surface area contributed by atoms with E-state index in [-0.39, 0.29) is 22.6 Å². The summed E-state index contributed by atoms with van der Waals surface area (Å²) in [7, 11) is 0. The van der Waals surface area contributed by atoms with Crippen LogP contribution in [-0.2, 0) is 0 Å². The number of nitrogens with zero attached hydrogens (tertiary/aromatic N) is 2. The summed E-state index contributed by atoms with van der Waals surface area (Å²) < 4.78 is 40.5. The first-order chi connectivity index (χ1) is 12.3. The molecule has 1 aromatic heterocycles. The van der Waals surface area contributed by atoms with E-state index in [1.54, 1.807) is 12.1 Å². The molecule has 3 rings (SSSR count). The van der Waals surface area contributed by atoms with E-state index in [1.807, 2.05) is 0 Å². The van der Waals surface area contributed by atoms with E-state index >= 15 is 0 Å². The Bertz CT molecular complexity index is 756. The van der Waals surface area contributed by atoms with Crippen molar-refractivity contribution in [1.29, 1.82) is 0 Å². The molecule has 0 atom stereocenters. The van der Waals surface area contributed by atoms with Crippen molar-refractivity contribution in [2.24, 2.45) is 0 Å². The third-order valence-electron chi connectivity index (χ3n) is 4.27. The Kier molecular flexibility index (Phi) is 5.40. The molecule has 6 nitrogen and oxygen atoms in total. The number of aromatic amines is 1. The number of H-pyrrole nitrogens is 1. The summed E-state index contributed by atoms with van der Waals surface area (Å²) >= 11 is 1.40. The molecule has 2 aromatic rings. The van der Waals surface area contributed by atoms with Gasteiger partial charge in [0.15, 0.2) is 10.7 Å². The number of carbonyl (C=O) groups is 1. The molecule has 1 aliphatic carbocycles. The van der Waals surface area contributed by atoms with Crippen LogP contribution < -0.4 is 4.74 Å². The van der Waals surface area contributed by atoms with Crippen molar-refractivity contribution in [2.45, 2.75) is 48.2 Å². The third kappa shape index (κ3) is 4.69. The van der Waals surface area contributed by atoms with E-state index in [2.05, 4.69) is 20.1 Å². The molecule has 1 fully saturated rings. The SMILES string of the molecule is O=C(O)c1[nH]nnc1S[C@H]1CC[C@H](c2ccc(OC(F)(F)F)cc2)CC1. The Morgan fingerprint density at radius 3 is 2.42 bits per heavy atom. The summed E-state index contributed by atoms with van der Waals surface area (Å²) in [4.78, 5) is 11.1. The zero-order valence-corrected chi connectivity index (χ0v) is 14.3. The van der Waals surface area contributed by atoms with Crippen molar-refractivity contribution in [1.82, 2.24) is 15.4 Å². The molecule has 1 heterocycles. The number of rotatable bonds is 5. The summed E-state index contributed by atoms with van der Waals surface area (Å²) in [6, 6.07) is 6.00. The lowest BCUT2D eigenvalue weighted by atomic mass is 9.84. The molecule has 10 heteroatoms. The fraction of sp³-hybridized carbons (Fsp3) is 0.438. The van der Waals surface area contributed by atoms with Gasteiger partial charge in [0.05, 0.1) is 0 Å². The lowest BCUT2D eigenvalue weighted by Gasteiger charge is -2.28. The molecule has 1 aromatic carbocycles. The van der Waals surface area contributed by atoms with Crippen LogP contribution in [0.3, 0.4) is 0 Å². The van der Waals surface area contributed by atoms with Gasteiger partial charge in [0, 0.05) is 5.25 Å². The Morgan fingerprint density at radius 2 is 1.85 bits per heavy atom. The molecule has 2 N–H and O–H groups in total. The predicted octanol–water partition coefficient (Wildman–Crippen LogP) is 4.22. The van der Waals surface area contributed by atoms with Gasteiger partial charge in [-0.3, -0.25) is 5.10 Å². The van der Waals surface area contributed by atoms with Crippen molar-refractivity contribution in [3.63, 3.8) is 0 Å². The van der Waals surface area contributed by atoms with Crippen LogP contribution in [0.5, 0.6) is 5.75 Å². The van der Waals surface area contributed by atoms with E-state index < -0.39 is 12.3 Å². The monoisotopic (exact) mass is 387 g/mol. The fourth-order valence-corrected chi connectivity index (χ4v) is 4.22.